The van der Waals surface area contributed by atoms with E-state index in [9.17, 15) is 14.7 Å². The van der Waals surface area contributed by atoms with Gasteiger partial charge in [-0.3, -0.25) is 4.79 Å². The molecule has 0 amide bonds. The van der Waals surface area contributed by atoms with Crippen molar-refractivity contribution in [1.29, 1.82) is 0 Å². The van der Waals surface area contributed by atoms with Crippen LogP contribution in [0.4, 0.5) is 0 Å². The average molecular weight is 749 g/mol. The molecule has 1 N–H and O–H groups in total. The van der Waals surface area contributed by atoms with Crippen LogP contribution in [0.5, 0.6) is 17.2 Å². The Kier molecular flexibility index (Phi) is 9.93. The first-order chi connectivity index (χ1) is 22.0. The molecule has 1 aromatic heterocycles. The number of halogens is 2. The molecule has 0 bridgehead atoms. The summed E-state index contributed by atoms with van der Waals surface area (Å²) in [5.41, 5.74) is 4.34. The number of ether oxygens (including phenoxy) is 3. The Morgan fingerprint density at radius 1 is 1.00 bits per heavy atom. The number of aromatic nitrogens is 2. The first-order valence-electron chi connectivity index (χ1n) is 14.3. The molecule has 0 spiro atoms. The molecule has 5 rings (SSSR count). The second-order valence-corrected chi connectivity index (χ2v) is 12.4. The molecule has 0 unspecified atom stereocenters. The monoisotopic (exact) mass is 747 g/mol. The number of rotatable bonds is 10. The normalized spacial score (nSPS) is 11.4. The topological polar surface area (TPSA) is 112 Å². The molecule has 0 aliphatic rings. The minimum atomic E-state index is -1.02. The van der Waals surface area contributed by atoms with E-state index in [2.05, 4.69) is 50.8 Å². The van der Waals surface area contributed by atoms with Crippen LogP contribution in [0, 0.1) is 6.92 Å². The van der Waals surface area contributed by atoms with Crippen LogP contribution in [0.1, 0.15) is 52.4 Å². The second kappa shape index (κ2) is 13.9. The number of para-hydroxylation sites is 1. The summed E-state index contributed by atoms with van der Waals surface area (Å²) >= 11 is 7.23. The zero-order valence-corrected chi connectivity index (χ0v) is 29.0. The number of benzene rings is 4. The fourth-order valence-electron chi connectivity index (χ4n) is 5.03. The van der Waals surface area contributed by atoms with Crippen molar-refractivity contribution in [2.45, 2.75) is 33.3 Å². The smallest absolute Gasteiger partial charge is 0.335 e. The summed E-state index contributed by atoms with van der Waals surface area (Å²) in [6, 6.07) is 19.4. The summed E-state index contributed by atoms with van der Waals surface area (Å²) in [6.07, 6.45) is 1.56. The highest BCUT2D eigenvalue weighted by atomic mass is 79.9. The van der Waals surface area contributed by atoms with Crippen molar-refractivity contribution in [3.05, 3.63) is 114 Å². The number of hydrogen-bond donors (Lipinski definition) is 1. The summed E-state index contributed by atoms with van der Waals surface area (Å²) < 4.78 is 19.8. The number of fused-ring (bicyclic) bond motifs is 1. The van der Waals surface area contributed by atoms with Gasteiger partial charge in [0.25, 0.3) is 5.56 Å². The van der Waals surface area contributed by atoms with Crippen molar-refractivity contribution in [3.8, 4) is 28.6 Å². The number of carbonyl (C=O) groups is 1. The Hall–Kier alpha value is -4.48. The van der Waals surface area contributed by atoms with Gasteiger partial charge in [-0.2, -0.15) is 9.78 Å². The highest BCUT2D eigenvalue weighted by molar-refractivity contribution is 9.13. The fourth-order valence-corrected chi connectivity index (χ4v) is 5.96. The van der Waals surface area contributed by atoms with Gasteiger partial charge in [0.05, 0.1) is 41.4 Å². The minimum absolute atomic E-state index is 0.108. The third-order valence-corrected chi connectivity index (χ3v) is 9.58. The molecule has 0 atom stereocenters. The number of carboxylic acids is 1. The van der Waals surface area contributed by atoms with E-state index in [0.717, 1.165) is 22.4 Å². The van der Waals surface area contributed by atoms with Crippen molar-refractivity contribution in [3.63, 3.8) is 0 Å². The van der Waals surface area contributed by atoms with Crippen LogP contribution < -0.4 is 19.8 Å². The highest BCUT2D eigenvalue weighted by Gasteiger charge is 2.20. The van der Waals surface area contributed by atoms with Gasteiger partial charge in [-0.25, -0.2) is 9.78 Å². The van der Waals surface area contributed by atoms with Crippen LogP contribution in [0.15, 0.2) is 85.6 Å². The Bertz CT molecular complexity index is 2060. The van der Waals surface area contributed by atoms with Gasteiger partial charge < -0.3 is 19.3 Å². The molecule has 0 aliphatic carbocycles. The molecule has 0 fully saturated rings. The number of aromatic carboxylic acids is 1. The second-order valence-electron chi connectivity index (χ2n) is 10.8. The molecule has 9 nitrogen and oxygen atoms in total. The molecule has 1 heterocycles. The number of aryl methyl sites for hydroxylation is 1. The Balaban J connectivity index is 1.60. The summed E-state index contributed by atoms with van der Waals surface area (Å²) in [6.45, 7) is 6.22. The third-order valence-electron chi connectivity index (χ3n) is 7.44. The van der Waals surface area contributed by atoms with E-state index in [1.807, 2.05) is 31.2 Å². The SMILES string of the molecule is COc1cc(C)c(-c2nc3ccccc3c(=O)n2N=Cc2cc(OC)c(OCc3cccc(C(=O)O)c3)c(Br)c2Br)cc1C(C)C. The van der Waals surface area contributed by atoms with Crippen LogP contribution in [-0.2, 0) is 6.61 Å². The predicted molar refractivity (Wildman–Crippen MR) is 186 cm³/mol. The quantitative estimate of drug-likeness (QED) is 0.143. The van der Waals surface area contributed by atoms with E-state index in [0.29, 0.717) is 48.3 Å². The largest absolute Gasteiger partial charge is 0.496 e. The summed E-state index contributed by atoms with van der Waals surface area (Å²) in [5.74, 6) is 1.13. The lowest BCUT2D eigenvalue weighted by atomic mass is 9.96. The van der Waals surface area contributed by atoms with Crippen LogP contribution >= 0.6 is 31.9 Å². The van der Waals surface area contributed by atoms with Crippen molar-refractivity contribution < 1.29 is 24.1 Å². The first-order valence-corrected chi connectivity index (χ1v) is 15.9. The molecule has 11 heteroatoms. The summed E-state index contributed by atoms with van der Waals surface area (Å²) in [5, 5.41) is 14.4. The molecular weight excluding hydrogens is 718 g/mol. The number of carboxylic acid groups (broad SMARTS) is 1. The van der Waals surface area contributed by atoms with Crippen molar-refractivity contribution in [2.75, 3.05) is 14.2 Å². The Morgan fingerprint density at radius 3 is 2.43 bits per heavy atom. The summed E-state index contributed by atoms with van der Waals surface area (Å²) in [7, 11) is 3.16. The van der Waals surface area contributed by atoms with Gasteiger partial charge in [0.1, 0.15) is 12.4 Å². The standard InChI is InChI=1S/C35H31Br2N3O6/c1-19(2)25-16-26(20(3)13-28(25)44-4)33-39-27-12-7-6-11-24(27)34(41)40(33)38-17-23-15-29(45-5)32(31(37)30(23)36)46-18-21-9-8-10-22(14-21)35(42)43/h6-17,19H,18H2,1-5H3,(H,42,43). The maximum Gasteiger partial charge on any atom is 0.335 e. The fraction of sp³-hybridized carbons (Fsp3) is 0.200. The van der Waals surface area contributed by atoms with Crippen LogP contribution in [0.2, 0.25) is 0 Å². The molecule has 0 saturated heterocycles. The molecule has 236 valence electrons. The predicted octanol–water partition coefficient (Wildman–Crippen LogP) is 8.20. The maximum absolute atomic E-state index is 13.9. The van der Waals surface area contributed by atoms with Crippen molar-refractivity contribution >= 4 is 54.9 Å². The van der Waals surface area contributed by atoms with Gasteiger partial charge in [-0.05, 0) is 104 Å². The highest BCUT2D eigenvalue weighted by Crippen LogP contribution is 2.43. The lowest BCUT2D eigenvalue weighted by Gasteiger charge is -2.18. The van der Waals surface area contributed by atoms with Crippen LogP contribution in [0.25, 0.3) is 22.3 Å². The average Bonchev–Trinajstić information content (AvgIpc) is 3.05. The molecule has 0 saturated carbocycles. The van der Waals surface area contributed by atoms with Gasteiger partial charge >= 0.3 is 5.97 Å². The van der Waals surface area contributed by atoms with E-state index < -0.39 is 5.97 Å². The van der Waals surface area contributed by atoms with Crippen molar-refractivity contribution in [2.24, 2.45) is 5.10 Å². The van der Waals surface area contributed by atoms with Crippen LogP contribution in [-0.4, -0.2) is 41.2 Å². The molecule has 5 aromatic rings. The van der Waals surface area contributed by atoms with Gasteiger partial charge in [0.2, 0.25) is 0 Å². The Morgan fingerprint density at radius 2 is 1.74 bits per heavy atom. The molecule has 46 heavy (non-hydrogen) atoms. The molecule has 0 radical (unpaired) electrons. The van der Waals surface area contributed by atoms with Crippen LogP contribution in [0.3, 0.4) is 0 Å². The van der Waals surface area contributed by atoms with Gasteiger partial charge in [0.15, 0.2) is 17.3 Å². The number of nitrogens with zero attached hydrogens (tertiary/aromatic N) is 3. The van der Waals surface area contributed by atoms with Gasteiger partial charge in [0, 0.05) is 15.6 Å². The van der Waals surface area contributed by atoms with E-state index >= 15 is 0 Å². The zero-order valence-electron chi connectivity index (χ0n) is 25.8. The summed E-state index contributed by atoms with van der Waals surface area (Å²) in [4.78, 5) is 30.2. The van der Waals surface area contributed by atoms with E-state index in [-0.39, 0.29) is 23.6 Å². The molecule has 4 aromatic carbocycles. The van der Waals surface area contributed by atoms with E-state index in [1.165, 1.54) is 17.9 Å². The molecule has 0 aliphatic heterocycles. The Labute approximate surface area is 282 Å². The van der Waals surface area contributed by atoms with Gasteiger partial charge in [-0.15, -0.1) is 0 Å². The van der Waals surface area contributed by atoms with E-state index in [4.69, 9.17) is 19.2 Å². The molecular formula is C35H31Br2N3O6. The lowest BCUT2D eigenvalue weighted by molar-refractivity contribution is 0.0696. The minimum Gasteiger partial charge on any atom is -0.496 e. The van der Waals surface area contributed by atoms with E-state index in [1.54, 1.807) is 49.7 Å². The zero-order chi connectivity index (χ0) is 33.1. The number of methoxy groups -OCH3 is 2. The maximum atomic E-state index is 13.9. The van der Waals surface area contributed by atoms with Gasteiger partial charge in [-0.1, -0.05) is 38.1 Å². The third kappa shape index (κ3) is 6.56. The first kappa shape index (κ1) is 32.9. The van der Waals surface area contributed by atoms with Crippen molar-refractivity contribution in [1.82, 2.24) is 9.66 Å². The lowest BCUT2D eigenvalue weighted by Crippen LogP contribution is -2.21. The number of hydrogen-bond acceptors (Lipinski definition) is 7.